The molecule has 10 heteroatoms. The molecule has 2 fully saturated rings. The Hall–Kier alpha value is -3.27. The third kappa shape index (κ3) is 5.69. The Morgan fingerprint density at radius 2 is 1.43 bits per heavy atom. The number of fused-ring (bicyclic) bond motifs is 2. The van der Waals surface area contributed by atoms with Crippen LogP contribution in [0.2, 0.25) is 0 Å². The number of hydroxylamine groups is 2. The third-order valence-electron chi connectivity index (χ3n) is 6.81. The second kappa shape index (κ2) is 9.89. The summed E-state index contributed by atoms with van der Waals surface area (Å²) in [7, 11) is 0. The van der Waals surface area contributed by atoms with E-state index in [2.05, 4.69) is 4.98 Å². The molecule has 3 heterocycles. The lowest BCUT2D eigenvalue weighted by molar-refractivity contribution is -0.185. The number of pyridine rings is 1. The number of aromatic nitrogens is 1. The van der Waals surface area contributed by atoms with E-state index >= 15 is 0 Å². The fraction of sp³-hybridized carbons (Fsp3) is 0.370. The molecule has 0 amide bonds. The average molecular weight is 522 g/mol. The van der Waals surface area contributed by atoms with E-state index in [1.807, 2.05) is 0 Å². The highest BCUT2D eigenvalue weighted by Crippen LogP contribution is 2.41. The van der Waals surface area contributed by atoms with Gasteiger partial charge < -0.3 is 9.57 Å². The first-order valence-electron chi connectivity index (χ1n) is 12.0. The summed E-state index contributed by atoms with van der Waals surface area (Å²) in [5.41, 5.74) is -0.605. The number of benzene rings is 2. The van der Waals surface area contributed by atoms with Gasteiger partial charge in [-0.1, -0.05) is 36.8 Å². The number of hydrogen-bond donors (Lipinski definition) is 0. The average Bonchev–Trinajstić information content (AvgIpc) is 2.84. The number of piperidine rings is 2. The smallest absolute Gasteiger partial charge is 0.417 e. The number of rotatable bonds is 5. The minimum atomic E-state index is -4.48. The second-order valence-corrected chi connectivity index (χ2v) is 9.36. The first-order chi connectivity index (χ1) is 17.6. The number of halogens is 6. The van der Waals surface area contributed by atoms with Gasteiger partial charge in [0.1, 0.15) is 11.9 Å². The summed E-state index contributed by atoms with van der Waals surface area (Å²) in [6, 6.07) is 14.3. The van der Waals surface area contributed by atoms with Gasteiger partial charge in [-0.25, -0.2) is 4.98 Å². The molecular weight excluding hydrogens is 498 g/mol. The SMILES string of the molecule is FC(F)(F)c1ccc(ON2[C@@H]3CCC[C@H]2CC(Oc2ccc(C(F)(F)F)cc2-c2ccccc2)C3)nc1. The molecule has 2 bridgehead atoms. The summed E-state index contributed by atoms with van der Waals surface area (Å²) < 4.78 is 85.1. The van der Waals surface area contributed by atoms with E-state index in [1.165, 1.54) is 12.1 Å². The van der Waals surface area contributed by atoms with Crippen LogP contribution < -0.4 is 9.57 Å². The van der Waals surface area contributed by atoms with Crippen molar-refractivity contribution in [2.24, 2.45) is 0 Å². The van der Waals surface area contributed by atoms with Crippen LogP contribution in [-0.2, 0) is 12.4 Å². The van der Waals surface area contributed by atoms with Crippen molar-refractivity contribution in [1.82, 2.24) is 10.0 Å². The summed E-state index contributed by atoms with van der Waals surface area (Å²) in [6.45, 7) is 0. The molecule has 5 rings (SSSR count). The number of ether oxygens (including phenoxy) is 1. The van der Waals surface area contributed by atoms with Gasteiger partial charge in [0.15, 0.2) is 0 Å². The van der Waals surface area contributed by atoms with E-state index < -0.39 is 23.5 Å². The van der Waals surface area contributed by atoms with Crippen LogP contribution in [0.1, 0.15) is 43.2 Å². The molecule has 2 aromatic carbocycles. The molecule has 0 N–H and O–H groups in total. The Balaban J connectivity index is 1.33. The minimum absolute atomic E-state index is 0.0591. The molecule has 3 atom stereocenters. The fourth-order valence-corrected chi connectivity index (χ4v) is 5.08. The molecule has 2 aliphatic heterocycles. The van der Waals surface area contributed by atoms with E-state index in [9.17, 15) is 26.3 Å². The molecule has 37 heavy (non-hydrogen) atoms. The van der Waals surface area contributed by atoms with Crippen LogP contribution in [0.15, 0.2) is 66.9 Å². The molecule has 0 spiro atoms. The van der Waals surface area contributed by atoms with Crippen molar-refractivity contribution in [3.8, 4) is 22.8 Å². The van der Waals surface area contributed by atoms with Crippen LogP contribution in [-0.4, -0.2) is 28.2 Å². The predicted octanol–water partition coefficient (Wildman–Crippen LogP) is 7.54. The zero-order valence-electron chi connectivity index (χ0n) is 19.6. The van der Waals surface area contributed by atoms with Crippen molar-refractivity contribution in [3.05, 3.63) is 78.0 Å². The lowest BCUT2D eigenvalue weighted by Gasteiger charge is -2.46. The van der Waals surface area contributed by atoms with Crippen LogP contribution in [0, 0.1) is 0 Å². The summed E-state index contributed by atoms with van der Waals surface area (Å²) in [4.78, 5) is 9.73. The zero-order chi connectivity index (χ0) is 26.2. The Morgan fingerprint density at radius 1 is 0.784 bits per heavy atom. The second-order valence-electron chi connectivity index (χ2n) is 9.36. The van der Waals surface area contributed by atoms with Gasteiger partial charge in [0, 0.05) is 42.8 Å². The highest BCUT2D eigenvalue weighted by molar-refractivity contribution is 5.71. The van der Waals surface area contributed by atoms with Crippen LogP contribution in [0.25, 0.3) is 11.1 Å². The molecule has 0 saturated carbocycles. The molecule has 1 unspecified atom stereocenters. The first kappa shape index (κ1) is 25.4. The van der Waals surface area contributed by atoms with Crippen LogP contribution in [0.4, 0.5) is 26.3 Å². The van der Waals surface area contributed by atoms with Crippen molar-refractivity contribution < 1.29 is 35.9 Å². The molecule has 0 aliphatic carbocycles. The summed E-state index contributed by atoms with van der Waals surface area (Å²) >= 11 is 0. The number of hydrogen-bond acceptors (Lipinski definition) is 4. The van der Waals surface area contributed by atoms with Crippen LogP contribution >= 0.6 is 0 Å². The van der Waals surface area contributed by atoms with E-state index in [-0.39, 0.29) is 24.1 Å². The van der Waals surface area contributed by atoms with Crippen molar-refractivity contribution in [3.63, 3.8) is 0 Å². The van der Waals surface area contributed by atoms with E-state index in [4.69, 9.17) is 9.57 Å². The van der Waals surface area contributed by atoms with Gasteiger partial charge in [-0.2, -0.15) is 26.3 Å². The Labute approximate surface area is 209 Å². The standard InChI is InChI=1S/C27H24F6N2O2/c28-26(29,30)18-9-11-24(23(13-18)17-5-2-1-3-6-17)36-22-14-20-7-4-8-21(15-22)35(20)37-25-12-10-19(16-34-25)27(31,32)33/h1-3,5-6,9-13,16,20-22H,4,7-8,14-15H2/t20-,21+,22?. The molecule has 1 aromatic heterocycles. The minimum Gasteiger partial charge on any atom is -0.490 e. The largest absolute Gasteiger partial charge is 0.490 e. The van der Waals surface area contributed by atoms with Gasteiger partial charge in [-0.15, -0.1) is 5.06 Å². The van der Waals surface area contributed by atoms with Crippen molar-refractivity contribution in [2.45, 2.75) is 62.6 Å². The van der Waals surface area contributed by atoms with Crippen LogP contribution in [0.5, 0.6) is 11.6 Å². The molecule has 4 nitrogen and oxygen atoms in total. The maximum Gasteiger partial charge on any atom is 0.417 e. The predicted molar refractivity (Wildman–Crippen MR) is 124 cm³/mol. The van der Waals surface area contributed by atoms with Crippen molar-refractivity contribution >= 4 is 0 Å². The Bertz CT molecular complexity index is 1200. The van der Waals surface area contributed by atoms with E-state index in [0.29, 0.717) is 29.7 Å². The zero-order valence-corrected chi connectivity index (χ0v) is 19.6. The first-order valence-corrected chi connectivity index (χ1v) is 12.0. The third-order valence-corrected chi connectivity index (χ3v) is 6.81. The van der Waals surface area contributed by atoms with Gasteiger partial charge in [0.25, 0.3) is 0 Å². The maximum atomic E-state index is 13.4. The van der Waals surface area contributed by atoms with Crippen LogP contribution in [0.3, 0.4) is 0 Å². The quantitative estimate of drug-likeness (QED) is 0.324. The molecule has 196 valence electrons. The van der Waals surface area contributed by atoms with Crippen molar-refractivity contribution in [1.29, 1.82) is 0 Å². The topological polar surface area (TPSA) is 34.6 Å². The monoisotopic (exact) mass is 522 g/mol. The fourth-order valence-electron chi connectivity index (χ4n) is 5.08. The summed E-state index contributed by atoms with van der Waals surface area (Å²) in [5, 5.41) is 1.80. The molecular formula is C27H24F6N2O2. The van der Waals surface area contributed by atoms with Gasteiger partial charge in [0.05, 0.1) is 11.1 Å². The summed E-state index contributed by atoms with van der Waals surface area (Å²) in [5.74, 6) is 0.458. The number of alkyl halides is 6. The van der Waals surface area contributed by atoms with Gasteiger partial charge in [-0.3, -0.25) is 0 Å². The maximum absolute atomic E-state index is 13.4. The van der Waals surface area contributed by atoms with Gasteiger partial charge in [0.2, 0.25) is 5.88 Å². The highest BCUT2D eigenvalue weighted by Gasteiger charge is 2.42. The molecule has 0 radical (unpaired) electrons. The molecule has 2 saturated heterocycles. The lowest BCUT2D eigenvalue weighted by Crippen LogP contribution is -2.55. The Morgan fingerprint density at radius 3 is 2.03 bits per heavy atom. The molecule has 3 aromatic rings. The summed E-state index contributed by atoms with van der Waals surface area (Å²) in [6.07, 6.45) is -4.77. The lowest BCUT2D eigenvalue weighted by atomic mass is 9.84. The molecule has 2 aliphatic rings. The van der Waals surface area contributed by atoms with Crippen molar-refractivity contribution in [2.75, 3.05) is 0 Å². The normalized spacial score (nSPS) is 22.5. The van der Waals surface area contributed by atoms with E-state index in [1.54, 1.807) is 35.4 Å². The van der Waals surface area contributed by atoms with Gasteiger partial charge >= 0.3 is 12.4 Å². The van der Waals surface area contributed by atoms with Gasteiger partial charge in [-0.05, 0) is 42.7 Å². The highest BCUT2D eigenvalue weighted by atomic mass is 19.4. The Kier molecular flexibility index (Phi) is 6.78. The number of nitrogens with zero attached hydrogens (tertiary/aromatic N) is 2. The van der Waals surface area contributed by atoms with E-state index in [0.717, 1.165) is 43.7 Å².